The second-order valence-electron chi connectivity index (χ2n) is 6.94. The highest BCUT2D eigenvalue weighted by Gasteiger charge is 2.20. The molecule has 0 amide bonds. The van der Waals surface area contributed by atoms with Crippen molar-refractivity contribution in [3.8, 4) is 5.75 Å². The molecule has 10 heteroatoms. The first-order valence-corrected chi connectivity index (χ1v) is 9.11. The Labute approximate surface area is 166 Å². The van der Waals surface area contributed by atoms with Crippen molar-refractivity contribution >= 4 is 22.8 Å². The van der Waals surface area contributed by atoms with Crippen LogP contribution in [0.15, 0.2) is 39.0 Å². The Morgan fingerprint density at radius 2 is 2.07 bits per heavy atom. The number of aromatic amines is 1. The number of fused-ring (bicyclic) bond motifs is 1. The first-order valence-electron chi connectivity index (χ1n) is 9.11. The number of benzene rings is 1. The molecule has 2 heterocycles. The lowest BCUT2D eigenvalue weighted by atomic mass is 10.2. The van der Waals surface area contributed by atoms with E-state index in [1.54, 1.807) is 13.8 Å². The van der Waals surface area contributed by atoms with Crippen LogP contribution in [0.25, 0.3) is 11.2 Å². The molecule has 1 atom stereocenters. The van der Waals surface area contributed by atoms with Gasteiger partial charge in [-0.2, -0.15) is 10.1 Å². The summed E-state index contributed by atoms with van der Waals surface area (Å²) in [5, 5.41) is 14.6. The van der Waals surface area contributed by atoms with Gasteiger partial charge in [0.25, 0.3) is 5.56 Å². The van der Waals surface area contributed by atoms with Crippen LogP contribution in [-0.4, -0.2) is 42.6 Å². The summed E-state index contributed by atoms with van der Waals surface area (Å²) in [7, 11) is 1.51. The number of H-pyrrole nitrogens is 1. The average molecular weight is 400 g/mol. The summed E-state index contributed by atoms with van der Waals surface area (Å²) in [5.74, 6) is 0.912. The smallest absolute Gasteiger partial charge is 0.329 e. The summed E-state index contributed by atoms with van der Waals surface area (Å²) in [6.45, 7) is 5.55. The van der Waals surface area contributed by atoms with E-state index in [9.17, 15) is 14.7 Å². The maximum absolute atomic E-state index is 12.4. The van der Waals surface area contributed by atoms with E-state index in [-0.39, 0.29) is 30.3 Å². The van der Waals surface area contributed by atoms with Gasteiger partial charge in [0, 0.05) is 12.8 Å². The third-order valence-electron chi connectivity index (χ3n) is 4.30. The molecule has 0 unspecified atom stereocenters. The first kappa shape index (κ1) is 20.3. The minimum atomic E-state index is -0.934. The zero-order valence-electron chi connectivity index (χ0n) is 16.8. The Kier molecular flexibility index (Phi) is 5.83. The van der Waals surface area contributed by atoms with Gasteiger partial charge in [-0.05, 0) is 32.4 Å². The number of aryl methyl sites for hydroxylation is 2. The van der Waals surface area contributed by atoms with Crippen molar-refractivity contribution in [2.75, 3.05) is 12.0 Å². The normalized spacial score (nSPS) is 12.0. The monoisotopic (exact) mass is 400 g/mol. The Balaban J connectivity index is 1.93. The van der Waals surface area contributed by atoms with E-state index in [1.807, 2.05) is 31.2 Å². The molecule has 10 nitrogen and oxygen atoms in total. The van der Waals surface area contributed by atoms with E-state index >= 15 is 0 Å². The van der Waals surface area contributed by atoms with Crippen molar-refractivity contribution in [1.29, 1.82) is 0 Å². The lowest BCUT2D eigenvalue weighted by molar-refractivity contribution is 0.0935. The van der Waals surface area contributed by atoms with Crippen molar-refractivity contribution < 1.29 is 9.84 Å². The zero-order chi connectivity index (χ0) is 21.1. The summed E-state index contributed by atoms with van der Waals surface area (Å²) in [4.78, 5) is 30.9. The molecule has 0 saturated carbocycles. The Bertz CT molecular complexity index is 1170. The second kappa shape index (κ2) is 8.31. The predicted octanol–water partition coefficient (Wildman–Crippen LogP) is 0.979. The van der Waals surface area contributed by atoms with E-state index in [0.717, 1.165) is 11.3 Å². The molecular formula is C19H24N6O4. The van der Waals surface area contributed by atoms with Crippen molar-refractivity contribution in [1.82, 2.24) is 19.1 Å². The van der Waals surface area contributed by atoms with Crippen molar-refractivity contribution in [2.24, 2.45) is 12.1 Å². The molecule has 3 N–H and O–H groups in total. The lowest BCUT2D eigenvalue weighted by Crippen LogP contribution is -2.30. The molecule has 2 aromatic heterocycles. The predicted molar refractivity (Wildman–Crippen MR) is 111 cm³/mol. The molecule has 0 bridgehead atoms. The fourth-order valence-corrected chi connectivity index (χ4v) is 2.83. The number of hydrogen-bond donors (Lipinski definition) is 3. The van der Waals surface area contributed by atoms with Gasteiger partial charge >= 0.3 is 5.69 Å². The highest BCUT2D eigenvalue weighted by Crippen LogP contribution is 2.18. The number of para-hydroxylation sites is 1. The summed E-state index contributed by atoms with van der Waals surface area (Å²) in [6.07, 6.45) is -0.934. The van der Waals surface area contributed by atoms with Gasteiger partial charge in [-0.15, -0.1) is 0 Å². The first-order chi connectivity index (χ1) is 13.8. The van der Waals surface area contributed by atoms with Crippen molar-refractivity contribution in [3.63, 3.8) is 0 Å². The molecule has 1 aromatic carbocycles. The average Bonchev–Trinajstić information content (AvgIpc) is 3.03. The van der Waals surface area contributed by atoms with Crippen LogP contribution in [0.5, 0.6) is 5.75 Å². The van der Waals surface area contributed by atoms with Gasteiger partial charge in [-0.25, -0.2) is 10.2 Å². The highest BCUT2D eigenvalue weighted by atomic mass is 16.5. The van der Waals surface area contributed by atoms with Crippen LogP contribution >= 0.6 is 0 Å². The third-order valence-corrected chi connectivity index (χ3v) is 4.30. The topological polar surface area (TPSA) is 127 Å². The van der Waals surface area contributed by atoms with Gasteiger partial charge in [0.15, 0.2) is 11.2 Å². The van der Waals surface area contributed by atoms with Crippen LogP contribution in [-0.2, 0) is 13.6 Å². The number of hydrazone groups is 1. The fraction of sp³-hybridized carbons (Fsp3) is 0.368. The van der Waals surface area contributed by atoms with Crippen LogP contribution in [0.3, 0.4) is 0 Å². The number of anilines is 1. The number of hydrogen-bond acceptors (Lipinski definition) is 7. The molecule has 0 radical (unpaired) electrons. The minimum Gasteiger partial charge on any atom is -0.491 e. The molecule has 0 spiro atoms. The largest absolute Gasteiger partial charge is 0.491 e. The number of nitrogens with one attached hydrogen (secondary N) is 2. The number of aromatic nitrogens is 4. The van der Waals surface area contributed by atoms with Crippen LogP contribution in [0, 0.1) is 6.92 Å². The standard InChI is InChI=1S/C19H24N6O4/c1-11(2)22-23-18-20-16-15(17(27)21-19(28)24(16)4)25(18)9-13(26)10-29-14-8-6-5-7-12(14)3/h5-8,13,26H,9-10H2,1-4H3,(H,20,23)(H,21,27,28)/t13-/m0/s1. The summed E-state index contributed by atoms with van der Waals surface area (Å²) < 4.78 is 8.42. The molecule has 0 aliphatic heterocycles. The quantitative estimate of drug-likeness (QED) is 0.401. The lowest BCUT2D eigenvalue weighted by Gasteiger charge is -2.16. The van der Waals surface area contributed by atoms with E-state index in [4.69, 9.17) is 4.74 Å². The number of nitrogens with zero attached hydrogens (tertiary/aromatic N) is 4. The SMILES string of the molecule is CC(C)=NNc1nc2c(c(=O)[nH]c(=O)n2C)n1C[C@H](O)COc1ccccc1C. The molecule has 0 aliphatic rings. The van der Waals surface area contributed by atoms with Gasteiger partial charge in [-0.1, -0.05) is 18.2 Å². The zero-order valence-corrected chi connectivity index (χ0v) is 16.8. The summed E-state index contributed by atoms with van der Waals surface area (Å²) in [5.41, 5.74) is 3.67. The molecule has 154 valence electrons. The third kappa shape index (κ3) is 4.37. The molecule has 0 aliphatic carbocycles. The Morgan fingerprint density at radius 3 is 2.76 bits per heavy atom. The Hall–Kier alpha value is -3.40. The van der Waals surface area contributed by atoms with E-state index in [1.165, 1.54) is 16.2 Å². The van der Waals surface area contributed by atoms with Crippen LogP contribution < -0.4 is 21.4 Å². The van der Waals surface area contributed by atoms with Gasteiger partial charge in [0.05, 0.1) is 6.54 Å². The molecule has 0 saturated heterocycles. The van der Waals surface area contributed by atoms with E-state index in [2.05, 4.69) is 20.5 Å². The number of imidazole rings is 1. The van der Waals surface area contributed by atoms with Crippen LogP contribution in [0.2, 0.25) is 0 Å². The maximum Gasteiger partial charge on any atom is 0.329 e. The maximum atomic E-state index is 12.4. The molecule has 3 rings (SSSR count). The number of aliphatic hydroxyl groups is 1. The summed E-state index contributed by atoms with van der Waals surface area (Å²) >= 11 is 0. The second-order valence-corrected chi connectivity index (χ2v) is 6.94. The molecule has 3 aromatic rings. The van der Waals surface area contributed by atoms with Gasteiger partial charge in [0.2, 0.25) is 5.95 Å². The number of aliphatic hydroxyl groups excluding tert-OH is 1. The molecule has 0 fully saturated rings. The van der Waals surface area contributed by atoms with Gasteiger partial charge in [0.1, 0.15) is 18.5 Å². The molecular weight excluding hydrogens is 376 g/mol. The van der Waals surface area contributed by atoms with Gasteiger partial charge in [-0.3, -0.25) is 14.3 Å². The highest BCUT2D eigenvalue weighted by molar-refractivity contribution is 5.80. The summed E-state index contributed by atoms with van der Waals surface area (Å²) in [6, 6.07) is 7.49. The Morgan fingerprint density at radius 1 is 1.34 bits per heavy atom. The minimum absolute atomic E-state index is 0.0176. The number of ether oxygens (including phenoxy) is 1. The van der Waals surface area contributed by atoms with Crippen molar-refractivity contribution in [3.05, 3.63) is 50.7 Å². The van der Waals surface area contributed by atoms with E-state index < -0.39 is 17.4 Å². The van der Waals surface area contributed by atoms with E-state index in [0.29, 0.717) is 5.75 Å². The number of rotatable bonds is 7. The van der Waals surface area contributed by atoms with Crippen molar-refractivity contribution in [2.45, 2.75) is 33.4 Å². The fourth-order valence-electron chi connectivity index (χ4n) is 2.83. The van der Waals surface area contributed by atoms with Gasteiger partial charge < -0.3 is 14.4 Å². The van der Waals surface area contributed by atoms with Crippen LogP contribution in [0.1, 0.15) is 19.4 Å². The molecule has 29 heavy (non-hydrogen) atoms. The van der Waals surface area contributed by atoms with Crippen LogP contribution in [0.4, 0.5) is 5.95 Å².